The van der Waals surface area contributed by atoms with Crippen molar-refractivity contribution in [3.05, 3.63) is 48.5 Å². The minimum atomic E-state index is -0.111. The van der Waals surface area contributed by atoms with Crippen LogP contribution >= 0.6 is 0 Å². The van der Waals surface area contributed by atoms with Crippen LogP contribution in [0.25, 0.3) is 0 Å². The molecular weight excluding hydrogens is 204 g/mol. The number of aromatic nitrogens is 3. The standard InChI is InChI=1S/C11H12N4O/c16-11(10-3-1-4-12-9-10)13-6-8-15-7-2-5-14-15/h1-5,7,9H,6,8H2,(H,13,16). The lowest BCUT2D eigenvalue weighted by Gasteiger charge is -2.04. The van der Waals surface area contributed by atoms with Crippen LogP contribution in [0.3, 0.4) is 0 Å². The van der Waals surface area contributed by atoms with Gasteiger partial charge in [-0.25, -0.2) is 0 Å². The number of carbonyl (C=O) groups is 1. The predicted octanol–water partition coefficient (Wildman–Crippen LogP) is 0.708. The summed E-state index contributed by atoms with van der Waals surface area (Å²) in [7, 11) is 0. The Hall–Kier alpha value is -2.17. The summed E-state index contributed by atoms with van der Waals surface area (Å²) in [5.41, 5.74) is 0.572. The quantitative estimate of drug-likeness (QED) is 0.818. The van der Waals surface area contributed by atoms with Crippen molar-refractivity contribution in [1.82, 2.24) is 20.1 Å². The summed E-state index contributed by atoms with van der Waals surface area (Å²) in [6, 6.07) is 5.32. The van der Waals surface area contributed by atoms with E-state index in [1.807, 2.05) is 12.3 Å². The molecule has 0 fully saturated rings. The normalized spacial score (nSPS) is 10.0. The molecule has 0 saturated heterocycles. The van der Waals surface area contributed by atoms with Gasteiger partial charge in [0.2, 0.25) is 0 Å². The molecule has 0 radical (unpaired) electrons. The first-order valence-electron chi connectivity index (χ1n) is 5.02. The number of hydrogen-bond donors (Lipinski definition) is 1. The second-order valence-corrected chi connectivity index (χ2v) is 3.27. The van der Waals surface area contributed by atoms with Crippen LogP contribution in [0.2, 0.25) is 0 Å². The lowest BCUT2D eigenvalue weighted by atomic mass is 10.3. The van der Waals surface area contributed by atoms with E-state index in [4.69, 9.17) is 0 Å². The van der Waals surface area contributed by atoms with E-state index >= 15 is 0 Å². The zero-order valence-corrected chi connectivity index (χ0v) is 8.71. The van der Waals surface area contributed by atoms with Crippen molar-refractivity contribution >= 4 is 5.91 Å². The van der Waals surface area contributed by atoms with Crippen LogP contribution in [-0.2, 0) is 6.54 Å². The summed E-state index contributed by atoms with van der Waals surface area (Å²) in [6.07, 6.45) is 6.75. The van der Waals surface area contributed by atoms with E-state index in [0.717, 1.165) is 0 Å². The number of hydrogen-bond acceptors (Lipinski definition) is 3. The van der Waals surface area contributed by atoms with Gasteiger partial charge < -0.3 is 5.32 Å². The van der Waals surface area contributed by atoms with Crippen molar-refractivity contribution in [3.8, 4) is 0 Å². The fourth-order valence-electron chi connectivity index (χ4n) is 1.32. The molecule has 5 nitrogen and oxygen atoms in total. The number of carbonyl (C=O) groups excluding carboxylic acids is 1. The largest absolute Gasteiger partial charge is 0.350 e. The smallest absolute Gasteiger partial charge is 0.252 e. The van der Waals surface area contributed by atoms with Crippen molar-refractivity contribution in [3.63, 3.8) is 0 Å². The Labute approximate surface area is 93.1 Å². The van der Waals surface area contributed by atoms with Gasteiger partial charge in [0.1, 0.15) is 0 Å². The Morgan fingerprint density at radius 1 is 1.38 bits per heavy atom. The molecule has 82 valence electrons. The molecule has 0 spiro atoms. The number of amides is 1. The van der Waals surface area contributed by atoms with Crippen LogP contribution in [0.1, 0.15) is 10.4 Å². The van der Waals surface area contributed by atoms with Gasteiger partial charge in [0, 0.05) is 31.3 Å². The van der Waals surface area contributed by atoms with Crippen molar-refractivity contribution in [2.45, 2.75) is 6.54 Å². The zero-order valence-electron chi connectivity index (χ0n) is 8.71. The molecule has 0 aliphatic carbocycles. The van der Waals surface area contributed by atoms with E-state index in [0.29, 0.717) is 18.7 Å². The molecule has 0 saturated carbocycles. The molecule has 2 rings (SSSR count). The molecular formula is C11H12N4O. The first-order valence-corrected chi connectivity index (χ1v) is 5.02. The Morgan fingerprint density at radius 2 is 2.31 bits per heavy atom. The summed E-state index contributed by atoms with van der Waals surface area (Å²) in [5, 5.41) is 6.84. The maximum absolute atomic E-state index is 11.6. The predicted molar refractivity (Wildman–Crippen MR) is 58.8 cm³/mol. The van der Waals surface area contributed by atoms with Crippen LogP contribution in [0.4, 0.5) is 0 Å². The molecule has 0 atom stereocenters. The van der Waals surface area contributed by atoms with Gasteiger partial charge in [-0.05, 0) is 18.2 Å². The lowest BCUT2D eigenvalue weighted by Crippen LogP contribution is -2.27. The Kier molecular flexibility index (Phi) is 3.28. The summed E-state index contributed by atoms with van der Waals surface area (Å²) >= 11 is 0. The summed E-state index contributed by atoms with van der Waals surface area (Å²) in [5.74, 6) is -0.111. The van der Waals surface area contributed by atoms with Crippen molar-refractivity contribution < 1.29 is 4.79 Å². The molecule has 2 aromatic rings. The minimum Gasteiger partial charge on any atom is -0.350 e. The van der Waals surface area contributed by atoms with Gasteiger partial charge >= 0.3 is 0 Å². The van der Waals surface area contributed by atoms with Crippen LogP contribution < -0.4 is 5.32 Å². The highest BCUT2D eigenvalue weighted by molar-refractivity contribution is 5.93. The first kappa shape index (κ1) is 10.4. The van der Waals surface area contributed by atoms with Gasteiger partial charge in [-0.2, -0.15) is 5.10 Å². The SMILES string of the molecule is O=C(NCCn1cccn1)c1cccnc1. The molecule has 1 N–H and O–H groups in total. The minimum absolute atomic E-state index is 0.111. The highest BCUT2D eigenvalue weighted by atomic mass is 16.1. The third kappa shape index (κ3) is 2.66. The average Bonchev–Trinajstić information content (AvgIpc) is 2.83. The van der Waals surface area contributed by atoms with Gasteiger partial charge in [0.05, 0.1) is 12.1 Å². The number of nitrogens with zero attached hydrogens (tertiary/aromatic N) is 3. The molecule has 5 heteroatoms. The Morgan fingerprint density at radius 3 is 3.00 bits per heavy atom. The van der Waals surface area contributed by atoms with Crippen molar-refractivity contribution in [2.24, 2.45) is 0 Å². The molecule has 2 aromatic heterocycles. The van der Waals surface area contributed by atoms with Gasteiger partial charge in [0.15, 0.2) is 0 Å². The summed E-state index contributed by atoms with van der Waals surface area (Å²) < 4.78 is 1.77. The highest BCUT2D eigenvalue weighted by Crippen LogP contribution is 1.94. The van der Waals surface area contributed by atoms with Crippen molar-refractivity contribution in [1.29, 1.82) is 0 Å². The Balaban J connectivity index is 1.81. The molecule has 0 unspecified atom stereocenters. The van der Waals surface area contributed by atoms with Crippen LogP contribution in [0, 0.1) is 0 Å². The molecule has 0 aromatic carbocycles. The van der Waals surface area contributed by atoms with E-state index in [-0.39, 0.29) is 5.91 Å². The van der Waals surface area contributed by atoms with E-state index in [9.17, 15) is 4.79 Å². The number of nitrogens with one attached hydrogen (secondary N) is 1. The fraction of sp³-hybridized carbons (Fsp3) is 0.182. The van der Waals surface area contributed by atoms with Gasteiger partial charge in [-0.3, -0.25) is 14.5 Å². The van der Waals surface area contributed by atoms with Gasteiger partial charge in [-0.15, -0.1) is 0 Å². The van der Waals surface area contributed by atoms with Gasteiger partial charge in [0.25, 0.3) is 5.91 Å². The molecule has 0 aliphatic heterocycles. The van der Waals surface area contributed by atoms with Crippen LogP contribution in [0.5, 0.6) is 0 Å². The maximum Gasteiger partial charge on any atom is 0.252 e. The molecule has 0 bridgehead atoms. The number of pyridine rings is 1. The molecule has 0 aliphatic rings. The molecule has 16 heavy (non-hydrogen) atoms. The summed E-state index contributed by atoms with van der Waals surface area (Å²) in [4.78, 5) is 15.5. The van der Waals surface area contributed by atoms with E-state index < -0.39 is 0 Å². The number of rotatable bonds is 4. The highest BCUT2D eigenvalue weighted by Gasteiger charge is 2.03. The van der Waals surface area contributed by atoms with Crippen LogP contribution in [0.15, 0.2) is 43.0 Å². The van der Waals surface area contributed by atoms with E-state index in [1.54, 1.807) is 35.4 Å². The van der Waals surface area contributed by atoms with Gasteiger partial charge in [-0.1, -0.05) is 0 Å². The van der Waals surface area contributed by atoms with E-state index in [2.05, 4.69) is 15.4 Å². The van der Waals surface area contributed by atoms with E-state index in [1.165, 1.54) is 0 Å². The summed E-state index contributed by atoms with van der Waals surface area (Å²) in [6.45, 7) is 1.22. The zero-order chi connectivity index (χ0) is 11.2. The maximum atomic E-state index is 11.6. The lowest BCUT2D eigenvalue weighted by molar-refractivity contribution is 0.0951. The fourth-order valence-corrected chi connectivity index (χ4v) is 1.32. The average molecular weight is 216 g/mol. The topological polar surface area (TPSA) is 59.8 Å². The molecule has 2 heterocycles. The molecule has 1 amide bonds. The third-order valence-corrected chi connectivity index (χ3v) is 2.11. The first-order chi connectivity index (χ1) is 7.86. The monoisotopic (exact) mass is 216 g/mol. The van der Waals surface area contributed by atoms with Crippen molar-refractivity contribution in [2.75, 3.05) is 6.54 Å². The Bertz CT molecular complexity index is 438. The van der Waals surface area contributed by atoms with Crippen LogP contribution in [-0.4, -0.2) is 27.2 Å². The third-order valence-electron chi connectivity index (χ3n) is 2.11. The second kappa shape index (κ2) is 5.06. The second-order valence-electron chi connectivity index (χ2n) is 3.27.